The van der Waals surface area contributed by atoms with Crippen molar-refractivity contribution in [3.63, 3.8) is 0 Å². The van der Waals surface area contributed by atoms with Gasteiger partial charge in [-0.2, -0.15) is 0 Å². The molecule has 220 valence electrons. The molecule has 0 aromatic heterocycles. The number of hydrogen-bond donors (Lipinski definition) is 1. The van der Waals surface area contributed by atoms with E-state index in [1.807, 2.05) is 59.7 Å². The molecule has 7 nitrogen and oxygen atoms in total. The van der Waals surface area contributed by atoms with Crippen molar-refractivity contribution in [2.45, 2.75) is 77.9 Å². The number of halogens is 1. The first-order valence-electron chi connectivity index (χ1n) is 13.9. The standard InChI is InChI=1S/C32H40ClN3O4S/c1-7-25(6)34-32(38)29(8-2)35(20-26-11-9-10-12-28(26)33)31(37)21-36(30-18-15-23(4)19-24(30)5)41(39,40)27-16-13-22(3)14-17-27/h9-19,25,29H,7-8,20-21H2,1-6H3,(H,34,38)/t25-,29-/m1/s1. The Hall–Kier alpha value is -3.36. The fourth-order valence-corrected chi connectivity index (χ4v) is 6.28. The third-order valence-corrected chi connectivity index (χ3v) is 9.34. The van der Waals surface area contributed by atoms with E-state index in [4.69, 9.17) is 11.6 Å². The zero-order valence-electron chi connectivity index (χ0n) is 24.6. The van der Waals surface area contributed by atoms with Crippen molar-refractivity contribution in [1.82, 2.24) is 10.2 Å². The first-order valence-corrected chi connectivity index (χ1v) is 15.7. The van der Waals surface area contributed by atoms with Gasteiger partial charge in [0.25, 0.3) is 10.0 Å². The fraction of sp³-hybridized carbons (Fsp3) is 0.375. The predicted molar refractivity (Wildman–Crippen MR) is 166 cm³/mol. The maximum atomic E-state index is 14.2. The summed E-state index contributed by atoms with van der Waals surface area (Å²) < 4.78 is 29.3. The minimum atomic E-state index is -4.13. The summed E-state index contributed by atoms with van der Waals surface area (Å²) in [6.07, 6.45) is 1.07. The van der Waals surface area contributed by atoms with E-state index < -0.39 is 28.5 Å². The molecule has 0 radical (unpaired) electrons. The van der Waals surface area contributed by atoms with Gasteiger partial charge in [-0.05, 0) is 75.9 Å². The second-order valence-corrected chi connectivity index (χ2v) is 12.7. The summed E-state index contributed by atoms with van der Waals surface area (Å²) >= 11 is 6.47. The first-order chi connectivity index (χ1) is 19.4. The van der Waals surface area contributed by atoms with Crippen molar-refractivity contribution >= 4 is 39.1 Å². The van der Waals surface area contributed by atoms with E-state index in [1.165, 1.54) is 4.90 Å². The summed E-state index contributed by atoms with van der Waals surface area (Å²) in [4.78, 5) is 29.1. The van der Waals surface area contributed by atoms with E-state index in [0.29, 0.717) is 28.3 Å². The topological polar surface area (TPSA) is 86.8 Å². The van der Waals surface area contributed by atoms with Crippen molar-refractivity contribution in [3.05, 3.63) is 94.0 Å². The van der Waals surface area contributed by atoms with Crippen LogP contribution in [0.25, 0.3) is 0 Å². The van der Waals surface area contributed by atoms with E-state index in [2.05, 4.69) is 5.32 Å². The molecule has 9 heteroatoms. The predicted octanol–water partition coefficient (Wildman–Crippen LogP) is 6.18. The minimum Gasteiger partial charge on any atom is -0.352 e. The first kappa shape index (κ1) is 32.2. The third-order valence-electron chi connectivity index (χ3n) is 7.19. The van der Waals surface area contributed by atoms with Crippen LogP contribution in [-0.2, 0) is 26.2 Å². The van der Waals surface area contributed by atoms with Crippen molar-refractivity contribution in [1.29, 1.82) is 0 Å². The molecule has 0 saturated heterocycles. The van der Waals surface area contributed by atoms with E-state index in [1.54, 1.807) is 48.5 Å². The van der Waals surface area contributed by atoms with Gasteiger partial charge in [0.2, 0.25) is 11.8 Å². The minimum absolute atomic E-state index is 0.0518. The Balaban J connectivity index is 2.10. The molecule has 3 aromatic carbocycles. The van der Waals surface area contributed by atoms with E-state index >= 15 is 0 Å². The highest BCUT2D eigenvalue weighted by molar-refractivity contribution is 7.92. The number of sulfonamides is 1. The van der Waals surface area contributed by atoms with Gasteiger partial charge in [-0.15, -0.1) is 0 Å². The Bertz CT molecular complexity index is 1470. The summed E-state index contributed by atoms with van der Waals surface area (Å²) in [6.45, 7) is 10.9. The maximum absolute atomic E-state index is 14.2. The molecular weight excluding hydrogens is 558 g/mol. The monoisotopic (exact) mass is 597 g/mol. The molecule has 0 aliphatic heterocycles. The molecular formula is C32H40ClN3O4S. The molecule has 0 aliphatic carbocycles. The molecule has 0 aliphatic rings. The van der Waals surface area contributed by atoms with Gasteiger partial charge in [-0.3, -0.25) is 13.9 Å². The van der Waals surface area contributed by atoms with E-state index in [-0.39, 0.29) is 23.4 Å². The molecule has 0 fully saturated rings. The summed E-state index contributed by atoms with van der Waals surface area (Å²) in [5, 5.41) is 3.44. The number of carbonyl (C=O) groups is 2. The van der Waals surface area contributed by atoms with Gasteiger partial charge in [-0.25, -0.2) is 8.42 Å². The van der Waals surface area contributed by atoms with Crippen molar-refractivity contribution < 1.29 is 18.0 Å². The number of nitrogens with zero attached hydrogens (tertiary/aromatic N) is 2. The summed E-state index contributed by atoms with van der Waals surface area (Å²) in [6, 6.07) is 18.2. The van der Waals surface area contributed by atoms with Crippen LogP contribution in [0.1, 0.15) is 55.9 Å². The lowest BCUT2D eigenvalue weighted by Crippen LogP contribution is -2.53. The molecule has 3 aromatic rings. The van der Waals surface area contributed by atoms with Gasteiger partial charge in [0, 0.05) is 17.6 Å². The molecule has 0 saturated carbocycles. The highest BCUT2D eigenvalue weighted by atomic mass is 35.5. The highest BCUT2D eigenvalue weighted by Crippen LogP contribution is 2.29. The largest absolute Gasteiger partial charge is 0.352 e. The third kappa shape index (κ3) is 7.89. The number of rotatable bonds is 12. The maximum Gasteiger partial charge on any atom is 0.264 e. The normalized spacial score (nSPS) is 12.9. The Labute approximate surface area is 249 Å². The van der Waals surface area contributed by atoms with Crippen LogP contribution in [0.2, 0.25) is 5.02 Å². The van der Waals surface area contributed by atoms with Crippen LogP contribution in [-0.4, -0.2) is 43.8 Å². The van der Waals surface area contributed by atoms with Crippen molar-refractivity contribution in [3.8, 4) is 0 Å². The molecule has 3 rings (SSSR count). The molecule has 0 bridgehead atoms. The Kier molecular flexibility index (Phi) is 11.0. The zero-order chi connectivity index (χ0) is 30.3. The van der Waals surface area contributed by atoms with Crippen LogP contribution in [0, 0.1) is 20.8 Å². The van der Waals surface area contributed by atoms with Crippen LogP contribution in [0.5, 0.6) is 0 Å². The molecule has 2 amide bonds. The second-order valence-electron chi connectivity index (χ2n) is 10.5. The van der Waals surface area contributed by atoms with E-state index in [9.17, 15) is 18.0 Å². The molecule has 2 atom stereocenters. The molecule has 41 heavy (non-hydrogen) atoms. The van der Waals surface area contributed by atoms with Gasteiger partial charge >= 0.3 is 0 Å². The van der Waals surface area contributed by atoms with Crippen LogP contribution in [0.4, 0.5) is 5.69 Å². The van der Waals surface area contributed by atoms with Gasteiger partial charge in [0.05, 0.1) is 10.6 Å². The van der Waals surface area contributed by atoms with Gasteiger partial charge < -0.3 is 10.2 Å². The SMILES string of the molecule is CC[C@@H](C)NC(=O)[C@@H](CC)N(Cc1ccccc1Cl)C(=O)CN(c1ccc(C)cc1C)S(=O)(=O)c1ccc(C)cc1. The number of nitrogens with one attached hydrogen (secondary N) is 1. The lowest BCUT2D eigenvalue weighted by Gasteiger charge is -2.34. The number of benzene rings is 3. The van der Waals surface area contributed by atoms with Gasteiger partial charge in [0.1, 0.15) is 12.6 Å². The number of anilines is 1. The number of amides is 2. The Morgan fingerprint density at radius 3 is 2.12 bits per heavy atom. The smallest absolute Gasteiger partial charge is 0.264 e. The van der Waals surface area contributed by atoms with Crippen molar-refractivity contribution in [2.24, 2.45) is 0 Å². The molecule has 0 spiro atoms. The fourth-order valence-electron chi connectivity index (χ4n) is 4.61. The molecule has 0 heterocycles. The Morgan fingerprint density at radius 1 is 0.902 bits per heavy atom. The van der Waals surface area contributed by atoms with Crippen LogP contribution in [0.3, 0.4) is 0 Å². The summed E-state index contributed by atoms with van der Waals surface area (Å²) in [7, 11) is -4.13. The second kappa shape index (κ2) is 14.0. The quantitative estimate of drug-likeness (QED) is 0.270. The van der Waals surface area contributed by atoms with Gasteiger partial charge in [-0.1, -0.05) is 79.0 Å². The van der Waals surface area contributed by atoms with Crippen LogP contribution in [0.15, 0.2) is 71.6 Å². The lowest BCUT2D eigenvalue weighted by atomic mass is 10.1. The number of aryl methyl sites for hydroxylation is 3. The highest BCUT2D eigenvalue weighted by Gasteiger charge is 2.34. The summed E-state index contributed by atoms with van der Waals surface area (Å²) in [5.74, 6) is -0.798. The Morgan fingerprint density at radius 2 is 1.54 bits per heavy atom. The molecule has 0 unspecified atom stereocenters. The average molecular weight is 598 g/mol. The van der Waals surface area contributed by atoms with Crippen LogP contribution >= 0.6 is 11.6 Å². The number of carbonyl (C=O) groups excluding carboxylic acids is 2. The zero-order valence-corrected chi connectivity index (χ0v) is 26.2. The average Bonchev–Trinajstić information content (AvgIpc) is 2.93. The molecule has 1 N–H and O–H groups in total. The van der Waals surface area contributed by atoms with Gasteiger partial charge in [0.15, 0.2) is 0 Å². The lowest BCUT2D eigenvalue weighted by molar-refractivity contribution is -0.140. The number of hydrogen-bond acceptors (Lipinski definition) is 4. The summed E-state index contributed by atoms with van der Waals surface area (Å²) in [5.41, 5.74) is 3.67. The van der Waals surface area contributed by atoms with Crippen molar-refractivity contribution in [2.75, 3.05) is 10.8 Å². The van der Waals surface area contributed by atoms with E-state index in [0.717, 1.165) is 21.9 Å². The van der Waals surface area contributed by atoms with Crippen LogP contribution < -0.4 is 9.62 Å².